The Bertz CT molecular complexity index is 1850. The molecule has 0 atom stereocenters. The van der Waals surface area contributed by atoms with Gasteiger partial charge in [-0.1, -0.05) is 27.7 Å². The number of aryl methyl sites for hydroxylation is 4. The van der Waals surface area contributed by atoms with Gasteiger partial charge in [-0.15, -0.1) is 0 Å². The highest BCUT2D eigenvalue weighted by molar-refractivity contribution is 5.96. The molecule has 3 aromatic heterocycles. The molecule has 0 fully saturated rings. The molecule has 7 heteroatoms. The predicted molar refractivity (Wildman–Crippen MR) is 183 cm³/mol. The first-order valence-corrected chi connectivity index (χ1v) is 16.2. The molecule has 2 aliphatic heterocycles. The van der Waals surface area contributed by atoms with Crippen LogP contribution in [0.25, 0.3) is 44.4 Å². The van der Waals surface area contributed by atoms with E-state index in [9.17, 15) is 4.79 Å². The van der Waals surface area contributed by atoms with E-state index in [0.717, 1.165) is 76.1 Å². The smallest absolute Gasteiger partial charge is 0.319 e. The van der Waals surface area contributed by atoms with Crippen LogP contribution in [0.5, 0.6) is 0 Å². The molecule has 3 N–H and O–H groups in total. The molecule has 0 unspecified atom stereocenters. The number of hydrogen-bond acceptors (Lipinski definition) is 5. The maximum atomic E-state index is 12.3. The van der Waals surface area contributed by atoms with Gasteiger partial charge in [0.25, 0.3) is 0 Å². The predicted octanol–water partition coefficient (Wildman–Crippen LogP) is 8.39. The highest BCUT2D eigenvalue weighted by atomic mass is 16.5. The quantitative estimate of drug-likeness (QED) is 0.217. The van der Waals surface area contributed by atoms with Gasteiger partial charge in [0, 0.05) is 34.2 Å². The van der Waals surface area contributed by atoms with Gasteiger partial charge in [0.05, 0.1) is 35.9 Å². The summed E-state index contributed by atoms with van der Waals surface area (Å²) in [5.74, 6) is -0.258. The van der Waals surface area contributed by atoms with E-state index < -0.39 is 0 Å². The minimum Gasteiger partial charge on any atom is -0.465 e. The lowest BCUT2D eigenvalue weighted by Gasteiger charge is -2.10. The fraction of sp³-hybridized carbons (Fsp3) is 0.432. The Balaban J connectivity index is 1.94. The van der Waals surface area contributed by atoms with E-state index in [4.69, 9.17) is 14.7 Å². The van der Waals surface area contributed by atoms with E-state index in [0.29, 0.717) is 13.2 Å². The minimum absolute atomic E-state index is 0.136. The molecule has 7 nitrogen and oxygen atoms in total. The lowest BCUT2D eigenvalue weighted by Crippen LogP contribution is -2.25. The SMILES string of the molecule is CCOC(=O)CNCc1c2nc(cc3nc(cc4[nH]c(cc5[nH]c1c(C)c5CC)c(C)c4CC)C(C)=C3CC)C(C)=C2CC. The molecule has 0 amide bonds. The summed E-state index contributed by atoms with van der Waals surface area (Å²) in [6, 6.07) is 6.65. The van der Waals surface area contributed by atoms with Crippen molar-refractivity contribution in [3.05, 3.63) is 68.8 Å². The third-order valence-electron chi connectivity index (χ3n) is 9.33. The summed E-state index contributed by atoms with van der Waals surface area (Å²) in [7, 11) is 0. The van der Waals surface area contributed by atoms with Crippen LogP contribution in [0.3, 0.4) is 0 Å². The minimum atomic E-state index is -0.258. The summed E-state index contributed by atoms with van der Waals surface area (Å²) in [5, 5.41) is 3.36. The summed E-state index contributed by atoms with van der Waals surface area (Å²) in [5.41, 5.74) is 19.3. The van der Waals surface area contributed by atoms with Crippen LogP contribution in [0.4, 0.5) is 0 Å². The molecule has 5 heterocycles. The van der Waals surface area contributed by atoms with Gasteiger partial charge in [-0.2, -0.15) is 0 Å². The van der Waals surface area contributed by atoms with E-state index in [1.807, 2.05) is 6.92 Å². The highest BCUT2D eigenvalue weighted by Crippen LogP contribution is 2.38. The van der Waals surface area contributed by atoms with Crippen LogP contribution in [0.1, 0.15) is 112 Å². The van der Waals surface area contributed by atoms with Gasteiger partial charge in [0.15, 0.2) is 0 Å². The van der Waals surface area contributed by atoms with Crippen molar-refractivity contribution in [1.82, 2.24) is 25.3 Å². The fourth-order valence-electron chi connectivity index (χ4n) is 6.90. The van der Waals surface area contributed by atoms with Crippen LogP contribution in [0.15, 0.2) is 18.2 Å². The Morgan fingerprint density at radius 2 is 1.34 bits per heavy atom. The topological polar surface area (TPSA) is 95.7 Å². The molecule has 2 aliphatic rings. The Kier molecular flexibility index (Phi) is 9.26. The number of aromatic amines is 2. The lowest BCUT2D eigenvalue weighted by molar-refractivity contribution is -0.142. The molecule has 3 aromatic rings. The van der Waals surface area contributed by atoms with Gasteiger partial charge in [-0.3, -0.25) is 4.79 Å². The Morgan fingerprint density at radius 1 is 0.705 bits per heavy atom. The monoisotopic (exact) mass is 593 g/mol. The number of rotatable bonds is 9. The van der Waals surface area contributed by atoms with Crippen molar-refractivity contribution < 1.29 is 9.53 Å². The Hall–Kier alpha value is -3.97. The van der Waals surface area contributed by atoms with E-state index in [1.165, 1.54) is 44.5 Å². The Labute approximate surface area is 261 Å². The van der Waals surface area contributed by atoms with Crippen molar-refractivity contribution in [2.24, 2.45) is 0 Å². The van der Waals surface area contributed by atoms with Crippen molar-refractivity contribution in [3.8, 4) is 0 Å². The van der Waals surface area contributed by atoms with E-state index >= 15 is 0 Å². The summed E-state index contributed by atoms with van der Waals surface area (Å²) < 4.78 is 5.20. The zero-order valence-electron chi connectivity index (χ0n) is 27.9. The number of hydrogen-bond donors (Lipinski definition) is 3. The van der Waals surface area contributed by atoms with Crippen molar-refractivity contribution in [1.29, 1.82) is 0 Å². The number of carbonyl (C=O) groups excluding carboxylic acids is 1. The van der Waals surface area contributed by atoms with Crippen LogP contribution < -0.4 is 5.32 Å². The van der Waals surface area contributed by atoms with Crippen molar-refractivity contribution in [3.63, 3.8) is 0 Å². The molecule has 0 aliphatic carbocycles. The summed E-state index contributed by atoms with van der Waals surface area (Å²) in [6.45, 7) is 20.4. The van der Waals surface area contributed by atoms with Crippen molar-refractivity contribution >= 4 is 50.3 Å². The van der Waals surface area contributed by atoms with Crippen LogP contribution in [-0.2, 0) is 28.9 Å². The molecular weight excluding hydrogens is 546 g/mol. The summed E-state index contributed by atoms with van der Waals surface area (Å²) in [4.78, 5) is 30.3. The highest BCUT2D eigenvalue weighted by Gasteiger charge is 2.23. The number of nitrogens with zero attached hydrogens (tertiary/aromatic N) is 2. The number of ether oxygens (including phenoxy) is 1. The first-order valence-electron chi connectivity index (χ1n) is 16.2. The number of nitrogens with one attached hydrogen (secondary N) is 3. The summed E-state index contributed by atoms with van der Waals surface area (Å²) >= 11 is 0. The number of aromatic nitrogens is 4. The van der Waals surface area contributed by atoms with Gasteiger partial charge in [-0.05, 0) is 123 Å². The molecule has 0 saturated heterocycles. The molecule has 8 bridgehead atoms. The normalized spacial score (nSPS) is 13.3. The fourth-order valence-corrected chi connectivity index (χ4v) is 6.90. The van der Waals surface area contributed by atoms with E-state index in [2.05, 4.69) is 88.9 Å². The van der Waals surface area contributed by atoms with Crippen molar-refractivity contribution in [2.75, 3.05) is 13.2 Å². The number of fused-ring (bicyclic) bond motifs is 8. The van der Waals surface area contributed by atoms with Gasteiger partial charge >= 0.3 is 5.97 Å². The number of H-pyrrole nitrogens is 2. The molecule has 232 valence electrons. The van der Waals surface area contributed by atoms with Gasteiger partial charge in [0.2, 0.25) is 0 Å². The molecular formula is C37H47N5O2. The standard InChI is InChI=1S/C37H47N5O2/c1-10-24-21(7)30-16-34-26(12-3)23(9)36(42-34)28(18-38-19-35(43)44-14-5)37-27(13-4)22(8)31(41-37)17-33-25(11-2)20(6)29(39-33)15-32(24)40-30/h15-17,38,40,42H,10-14,18-19H2,1-9H3. The van der Waals surface area contributed by atoms with Crippen LogP contribution >= 0.6 is 0 Å². The number of allylic oxidation sites excluding steroid dienone is 4. The second-order valence-corrected chi connectivity index (χ2v) is 11.7. The zero-order valence-corrected chi connectivity index (χ0v) is 27.9. The average Bonchev–Trinajstić information content (AvgIpc) is 3.67. The largest absolute Gasteiger partial charge is 0.465 e. The second kappa shape index (κ2) is 12.9. The van der Waals surface area contributed by atoms with Crippen molar-refractivity contribution in [2.45, 2.75) is 94.5 Å². The van der Waals surface area contributed by atoms with E-state index in [1.54, 1.807) is 0 Å². The van der Waals surface area contributed by atoms with Gasteiger partial charge in [0.1, 0.15) is 0 Å². The first-order chi connectivity index (χ1) is 21.2. The van der Waals surface area contributed by atoms with Gasteiger partial charge < -0.3 is 20.0 Å². The molecule has 44 heavy (non-hydrogen) atoms. The second-order valence-electron chi connectivity index (χ2n) is 11.7. The molecule has 0 aromatic carbocycles. The third kappa shape index (κ3) is 5.54. The third-order valence-corrected chi connectivity index (χ3v) is 9.33. The van der Waals surface area contributed by atoms with E-state index in [-0.39, 0.29) is 12.5 Å². The average molecular weight is 594 g/mol. The zero-order chi connectivity index (χ0) is 31.7. The number of carbonyl (C=O) groups is 1. The number of esters is 1. The molecule has 5 rings (SSSR count). The molecule has 0 saturated carbocycles. The molecule has 0 radical (unpaired) electrons. The van der Waals surface area contributed by atoms with Crippen LogP contribution in [0.2, 0.25) is 0 Å². The van der Waals surface area contributed by atoms with Gasteiger partial charge in [-0.25, -0.2) is 9.97 Å². The maximum Gasteiger partial charge on any atom is 0.319 e. The van der Waals surface area contributed by atoms with Crippen LogP contribution in [-0.4, -0.2) is 39.1 Å². The summed E-state index contributed by atoms with van der Waals surface area (Å²) in [6.07, 6.45) is 3.57. The van der Waals surface area contributed by atoms with Crippen LogP contribution in [0, 0.1) is 13.8 Å². The first kappa shape index (κ1) is 31.5. The lowest BCUT2D eigenvalue weighted by atomic mass is 9.98. The maximum absolute atomic E-state index is 12.3. The Morgan fingerprint density at radius 3 is 2.00 bits per heavy atom. The molecule has 0 spiro atoms.